The summed E-state index contributed by atoms with van der Waals surface area (Å²) in [5.41, 5.74) is 3.43. The Balaban J connectivity index is 1.36. The summed E-state index contributed by atoms with van der Waals surface area (Å²) >= 11 is 0. The summed E-state index contributed by atoms with van der Waals surface area (Å²) in [5.74, 6) is 0.838. The summed E-state index contributed by atoms with van der Waals surface area (Å²) in [6.45, 7) is 6.87. The Morgan fingerprint density at radius 2 is 1.88 bits per heavy atom. The molecule has 8 heteroatoms. The van der Waals surface area contributed by atoms with Crippen LogP contribution in [-0.4, -0.2) is 64.5 Å². The summed E-state index contributed by atoms with van der Waals surface area (Å²) in [6, 6.07) is 7.97. The fourth-order valence-corrected chi connectivity index (χ4v) is 4.72. The van der Waals surface area contributed by atoms with Gasteiger partial charge < -0.3 is 14.5 Å². The number of piperazine rings is 1. The minimum Gasteiger partial charge on any atom is -0.497 e. The number of hydrogen-bond acceptors (Lipinski definition) is 6. The molecule has 5 rings (SSSR count). The van der Waals surface area contributed by atoms with Gasteiger partial charge in [-0.2, -0.15) is 5.10 Å². The van der Waals surface area contributed by atoms with Gasteiger partial charge in [-0.05, 0) is 24.0 Å². The summed E-state index contributed by atoms with van der Waals surface area (Å²) in [7, 11) is 1.66. The number of carbonyl (C=O) groups is 2. The number of hydrogen-bond donors (Lipinski definition) is 0. The number of anilines is 1. The molecule has 2 aromatic heterocycles. The Morgan fingerprint density at radius 1 is 1.09 bits per heavy atom. The van der Waals surface area contributed by atoms with Crippen molar-refractivity contribution in [2.45, 2.75) is 26.7 Å². The standard InChI is InChI=1S/C24H27N5O3/c1-24(2)12-20-18(21(30)13-24)14-25-22-19(15-26-29(20)22)23(31)28-9-7-27(8-10-28)16-5-4-6-17(11-16)32-3/h4-6,11,14-15H,7-10,12-13H2,1-3H3. The van der Waals surface area contributed by atoms with Gasteiger partial charge in [-0.3, -0.25) is 9.59 Å². The van der Waals surface area contributed by atoms with E-state index in [0.29, 0.717) is 36.3 Å². The Kier molecular flexibility index (Phi) is 4.87. The van der Waals surface area contributed by atoms with E-state index in [9.17, 15) is 9.59 Å². The smallest absolute Gasteiger partial charge is 0.259 e. The second-order valence-electron chi connectivity index (χ2n) is 9.33. The van der Waals surface area contributed by atoms with Crippen LogP contribution in [0.25, 0.3) is 5.65 Å². The van der Waals surface area contributed by atoms with E-state index in [4.69, 9.17) is 4.74 Å². The van der Waals surface area contributed by atoms with E-state index < -0.39 is 0 Å². The Bertz CT molecular complexity index is 1210. The van der Waals surface area contributed by atoms with Crippen molar-refractivity contribution in [2.24, 2.45) is 5.41 Å². The fourth-order valence-electron chi connectivity index (χ4n) is 4.72. The number of nitrogens with zero attached hydrogens (tertiary/aromatic N) is 5. The highest BCUT2D eigenvalue weighted by atomic mass is 16.5. The molecule has 1 fully saturated rings. The average molecular weight is 434 g/mol. The SMILES string of the molecule is COc1cccc(N2CCN(C(=O)c3cnn4c5c(cnc34)C(=O)CC(C)(C)C5)CC2)c1. The minimum absolute atomic E-state index is 0.0702. The van der Waals surface area contributed by atoms with Crippen molar-refractivity contribution < 1.29 is 14.3 Å². The molecule has 1 amide bonds. The zero-order chi connectivity index (χ0) is 22.5. The molecule has 0 atom stereocenters. The van der Waals surface area contributed by atoms with Crippen LogP contribution >= 0.6 is 0 Å². The summed E-state index contributed by atoms with van der Waals surface area (Å²) in [5, 5.41) is 4.46. The van der Waals surface area contributed by atoms with Crippen LogP contribution in [-0.2, 0) is 6.42 Å². The molecule has 0 spiro atoms. The van der Waals surface area contributed by atoms with Gasteiger partial charge in [0.15, 0.2) is 11.4 Å². The largest absolute Gasteiger partial charge is 0.497 e. The topological polar surface area (TPSA) is 80.0 Å². The number of aromatic nitrogens is 3. The van der Waals surface area contributed by atoms with Crippen molar-refractivity contribution in [1.29, 1.82) is 0 Å². The maximum Gasteiger partial charge on any atom is 0.259 e. The quantitative estimate of drug-likeness (QED) is 0.632. The van der Waals surface area contributed by atoms with Gasteiger partial charge in [-0.25, -0.2) is 9.50 Å². The number of benzene rings is 1. The highest BCUT2D eigenvalue weighted by molar-refractivity contribution is 6.01. The number of amides is 1. The summed E-state index contributed by atoms with van der Waals surface area (Å²) < 4.78 is 7.01. The van der Waals surface area contributed by atoms with Gasteiger partial charge in [0.2, 0.25) is 0 Å². The van der Waals surface area contributed by atoms with E-state index in [1.54, 1.807) is 24.0 Å². The van der Waals surface area contributed by atoms with Crippen molar-refractivity contribution in [3.05, 3.63) is 53.5 Å². The Labute approximate surface area is 186 Å². The van der Waals surface area contributed by atoms with Crippen LogP contribution in [0.5, 0.6) is 5.75 Å². The van der Waals surface area contributed by atoms with E-state index >= 15 is 0 Å². The lowest BCUT2D eigenvalue weighted by Crippen LogP contribution is -2.48. The van der Waals surface area contributed by atoms with Gasteiger partial charge in [0.05, 0.1) is 24.6 Å². The maximum absolute atomic E-state index is 13.3. The molecule has 8 nitrogen and oxygen atoms in total. The first-order chi connectivity index (χ1) is 15.4. The first-order valence-electron chi connectivity index (χ1n) is 10.9. The number of methoxy groups -OCH3 is 1. The lowest BCUT2D eigenvalue weighted by atomic mass is 9.76. The number of ketones is 1. The third-order valence-corrected chi connectivity index (χ3v) is 6.43. The number of Topliss-reactive ketones (excluding diaryl/α,β-unsaturated/α-hetero) is 1. The van der Waals surface area contributed by atoms with E-state index in [2.05, 4.69) is 34.9 Å². The van der Waals surface area contributed by atoms with E-state index in [1.165, 1.54) is 0 Å². The molecule has 2 aliphatic rings. The normalized spacial score (nSPS) is 18.0. The van der Waals surface area contributed by atoms with Gasteiger partial charge in [-0.15, -0.1) is 0 Å². The Hall–Kier alpha value is -3.42. The third kappa shape index (κ3) is 3.49. The van der Waals surface area contributed by atoms with Gasteiger partial charge in [-0.1, -0.05) is 19.9 Å². The van der Waals surface area contributed by atoms with E-state index in [0.717, 1.165) is 36.6 Å². The lowest BCUT2D eigenvalue weighted by molar-refractivity contribution is 0.0748. The monoisotopic (exact) mass is 433 g/mol. The number of carbonyl (C=O) groups excluding carboxylic acids is 2. The maximum atomic E-state index is 13.3. The summed E-state index contributed by atoms with van der Waals surface area (Å²) in [4.78, 5) is 34.4. The molecule has 3 aromatic rings. The molecule has 166 valence electrons. The molecule has 0 unspecified atom stereocenters. The van der Waals surface area contributed by atoms with Crippen LogP contribution in [0.3, 0.4) is 0 Å². The molecule has 1 aliphatic carbocycles. The Morgan fingerprint density at radius 3 is 2.62 bits per heavy atom. The first-order valence-corrected chi connectivity index (χ1v) is 10.9. The van der Waals surface area contributed by atoms with Crippen LogP contribution in [0.1, 0.15) is 46.7 Å². The molecular formula is C24H27N5O3. The second kappa shape index (κ2) is 7.62. The number of rotatable bonds is 3. The van der Waals surface area contributed by atoms with Crippen molar-refractivity contribution in [3.63, 3.8) is 0 Å². The van der Waals surface area contributed by atoms with Crippen LogP contribution in [0.15, 0.2) is 36.7 Å². The minimum atomic E-state index is -0.134. The average Bonchev–Trinajstić information content (AvgIpc) is 3.23. The van der Waals surface area contributed by atoms with E-state index in [1.807, 2.05) is 23.1 Å². The molecule has 1 aromatic carbocycles. The molecule has 0 bridgehead atoms. The van der Waals surface area contributed by atoms with Gasteiger partial charge in [0, 0.05) is 50.6 Å². The fraction of sp³-hybridized carbons (Fsp3) is 0.417. The lowest BCUT2D eigenvalue weighted by Gasteiger charge is -2.36. The highest BCUT2D eigenvalue weighted by Gasteiger charge is 2.34. The van der Waals surface area contributed by atoms with Crippen molar-refractivity contribution >= 4 is 23.0 Å². The second-order valence-corrected chi connectivity index (χ2v) is 9.33. The number of fused-ring (bicyclic) bond motifs is 3. The van der Waals surface area contributed by atoms with Gasteiger partial charge in [0.25, 0.3) is 5.91 Å². The molecule has 0 radical (unpaired) electrons. The molecule has 32 heavy (non-hydrogen) atoms. The predicted molar refractivity (Wildman–Crippen MR) is 121 cm³/mol. The third-order valence-electron chi connectivity index (χ3n) is 6.43. The van der Waals surface area contributed by atoms with Crippen molar-refractivity contribution in [3.8, 4) is 5.75 Å². The predicted octanol–water partition coefficient (Wildman–Crippen LogP) is 2.86. The van der Waals surface area contributed by atoms with Crippen molar-refractivity contribution in [1.82, 2.24) is 19.5 Å². The molecule has 0 N–H and O–H groups in total. The molecule has 1 aliphatic heterocycles. The van der Waals surface area contributed by atoms with Crippen LogP contribution in [0, 0.1) is 5.41 Å². The molecule has 3 heterocycles. The zero-order valence-corrected chi connectivity index (χ0v) is 18.7. The van der Waals surface area contributed by atoms with Crippen LogP contribution in [0.4, 0.5) is 5.69 Å². The molecule has 0 saturated carbocycles. The van der Waals surface area contributed by atoms with Crippen LogP contribution in [0.2, 0.25) is 0 Å². The van der Waals surface area contributed by atoms with Crippen LogP contribution < -0.4 is 9.64 Å². The van der Waals surface area contributed by atoms with Gasteiger partial charge in [0.1, 0.15) is 11.3 Å². The zero-order valence-electron chi connectivity index (χ0n) is 18.7. The highest BCUT2D eigenvalue weighted by Crippen LogP contribution is 2.34. The van der Waals surface area contributed by atoms with E-state index in [-0.39, 0.29) is 17.1 Å². The van der Waals surface area contributed by atoms with Gasteiger partial charge >= 0.3 is 0 Å². The molecule has 1 saturated heterocycles. The first kappa shape index (κ1) is 20.5. The summed E-state index contributed by atoms with van der Waals surface area (Å²) in [6.07, 6.45) is 4.42. The molecular weight excluding hydrogens is 406 g/mol. The van der Waals surface area contributed by atoms with Crippen molar-refractivity contribution in [2.75, 3.05) is 38.2 Å². The number of ether oxygens (including phenoxy) is 1.